The number of rotatable bonds is 2. The molecule has 1 N–H and O–H groups in total. The molecule has 0 amide bonds. The molecule has 2 aliphatic rings. The molecule has 0 aromatic carbocycles. The summed E-state index contributed by atoms with van der Waals surface area (Å²) in [5, 5.41) is 11.8. The first kappa shape index (κ1) is 11.2. The smallest absolute Gasteiger partial charge is 0.0967 e. The third-order valence-corrected chi connectivity index (χ3v) is 4.01. The van der Waals surface area contributed by atoms with Gasteiger partial charge >= 0.3 is 0 Å². The largest absolute Gasteiger partial charge is 0.314 e. The lowest BCUT2D eigenvalue weighted by atomic mass is 9.85. The van der Waals surface area contributed by atoms with Gasteiger partial charge in [0.1, 0.15) is 0 Å². The predicted octanol–water partition coefficient (Wildman–Crippen LogP) is 0.389. The lowest BCUT2D eigenvalue weighted by molar-refractivity contribution is 0.108. The summed E-state index contributed by atoms with van der Waals surface area (Å²) in [6, 6.07) is 0.766. The van der Waals surface area contributed by atoms with Crippen LogP contribution in [0.4, 0.5) is 0 Å². The second-order valence-corrected chi connectivity index (χ2v) is 5.37. The maximum Gasteiger partial charge on any atom is 0.0967 e. The van der Waals surface area contributed by atoms with E-state index in [0.29, 0.717) is 0 Å². The van der Waals surface area contributed by atoms with Crippen molar-refractivity contribution >= 4 is 0 Å². The maximum atomic E-state index is 4.17. The summed E-state index contributed by atoms with van der Waals surface area (Å²) >= 11 is 0. The Bertz CT molecular complexity index is 375. The van der Waals surface area contributed by atoms with E-state index in [9.17, 15) is 0 Å². The van der Waals surface area contributed by atoms with Crippen LogP contribution in [-0.2, 0) is 13.6 Å². The predicted molar refractivity (Wildman–Crippen MR) is 65.4 cm³/mol. The average Bonchev–Trinajstić information content (AvgIpc) is 2.75. The number of likely N-dealkylation sites (tertiary alicyclic amines) is 1. The quantitative estimate of drug-likeness (QED) is 0.805. The van der Waals surface area contributed by atoms with Gasteiger partial charge in [-0.1, -0.05) is 5.21 Å². The van der Waals surface area contributed by atoms with Crippen LogP contribution in [0.2, 0.25) is 0 Å². The first-order valence-electron chi connectivity index (χ1n) is 6.62. The molecule has 94 valence electrons. The fourth-order valence-corrected chi connectivity index (χ4v) is 3.16. The van der Waals surface area contributed by atoms with E-state index in [-0.39, 0.29) is 0 Å². The SMILES string of the molecule is Cn1cc(CN2CCC3NCCCC3C2)nn1. The van der Waals surface area contributed by atoms with Gasteiger partial charge in [-0.3, -0.25) is 9.58 Å². The third kappa shape index (κ3) is 2.50. The fraction of sp³-hybridized carbons (Fsp3) is 0.833. The van der Waals surface area contributed by atoms with Crippen molar-refractivity contribution in [1.29, 1.82) is 0 Å². The van der Waals surface area contributed by atoms with Gasteiger partial charge in [-0.25, -0.2) is 0 Å². The molecule has 3 rings (SSSR count). The number of piperidine rings is 2. The van der Waals surface area contributed by atoms with Crippen LogP contribution < -0.4 is 5.32 Å². The Hall–Kier alpha value is -0.940. The van der Waals surface area contributed by atoms with Gasteiger partial charge in [0, 0.05) is 38.9 Å². The van der Waals surface area contributed by atoms with E-state index < -0.39 is 0 Å². The monoisotopic (exact) mass is 235 g/mol. The zero-order chi connectivity index (χ0) is 11.7. The minimum atomic E-state index is 0.766. The molecule has 2 atom stereocenters. The van der Waals surface area contributed by atoms with Gasteiger partial charge in [0.25, 0.3) is 0 Å². The second kappa shape index (κ2) is 4.74. The summed E-state index contributed by atoms with van der Waals surface area (Å²) in [6.45, 7) is 4.57. The van der Waals surface area contributed by atoms with Crippen LogP contribution in [-0.4, -0.2) is 45.6 Å². The lowest BCUT2D eigenvalue weighted by Crippen LogP contribution is -2.51. The molecule has 5 nitrogen and oxygen atoms in total. The molecule has 0 saturated carbocycles. The third-order valence-electron chi connectivity index (χ3n) is 4.01. The highest BCUT2D eigenvalue weighted by Gasteiger charge is 2.30. The molecule has 5 heteroatoms. The molecule has 3 heterocycles. The van der Waals surface area contributed by atoms with Crippen molar-refractivity contribution in [3.63, 3.8) is 0 Å². The Kier molecular flexibility index (Phi) is 3.11. The molecular formula is C12H21N5. The topological polar surface area (TPSA) is 46.0 Å². The van der Waals surface area contributed by atoms with E-state index in [0.717, 1.165) is 24.2 Å². The zero-order valence-corrected chi connectivity index (χ0v) is 10.5. The number of aromatic nitrogens is 3. The normalized spacial score (nSPS) is 30.2. The molecule has 0 radical (unpaired) electrons. The molecular weight excluding hydrogens is 214 g/mol. The van der Waals surface area contributed by atoms with Crippen LogP contribution in [0, 0.1) is 5.92 Å². The minimum absolute atomic E-state index is 0.766. The van der Waals surface area contributed by atoms with Crippen molar-refractivity contribution in [2.75, 3.05) is 19.6 Å². The molecule has 17 heavy (non-hydrogen) atoms. The number of nitrogens with one attached hydrogen (secondary N) is 1. The molecule has 2 saturated heterocycles. The van der Waals surface area contributed by atoms with Crippen LogP contribution in [0.1, 0.15) is 25.0 Å². The summed E-state index contributed by atoms with van der Waals surface area (Å²) in [7, 11) is 1.92. The highest BCUT2D eigenvalue weighted by molar-refractivity contribution is 4.95. The Balaban J connectivity index is 1.58. The molecule has 0 spiro atoms. The maximum absolute atomic E-state index is 4.17. The average molecular weight is 235 g/mol. The molecule has 0 bridgehead atoms. The molecule has 2 unspecified atom stereocenters. The van der Waals surface area contributed by atoms with Crippen LogP contribution in [0.15, 0.2) is 6.20 Å². The van der Waals surface area contributed by atoms with Gasteiger partial charge in [-0.05, 0) is 31.7 Å². The second-order valence-electron chi connectivity index (χ2n) is 5.37. The Labute approximate surface area is 102 Å². The van der Waals surface area contributed by atoms with Crippen LogP contribution in [0.25, 0.3) is 0 Å². The Morgan fingerprint density at radius 2 is 2.41 bits per heavy atom. The number of fused-ring (bicyclic) bond motifs is 1. The van der Waals surface area contributed by atoms with E-state index in [2.05, 4.69) is 20.5 Å². The minimum Gasteiger partial charge on any atom is -0.314 e. The van der Waals surface area contributed by atoms with Crippen molar-refractivity contribution in [3.05, 3.63) is 11.9 Å². The highest BCUT2D eigenvalue weighted by Crippen LogP contribution is 2.25. The van der Waals surface area contributed by atoms with E-state index in [1.165, 1.54) is 38.9 Å². The van der Waals surface area contributed by atoms with Crippen LogP contribution in [0.3, 0.4) is 0 Å². The highest BCUT2D eigenvalue weighted by atomic mass is 15.4. The number of hydrogen-bond acceptors (Lipinski definition) is 4. The zero-order valence-electron chi connectivity index (χ0n) is 10.5. The summed E-state index contributed by atoms with van der Waals surface area (Å²) in [4.78, 5) is 2.53. The van der Waals surface area contributed by atoms with Gasteiger partial charge < -0.3 is 5.32 Å². The van der Waals surface area contributed by atoms with Gasteiger partial charge in [-0.15, -0.1) is 5.10 Å². The van der Waals surface area contributed by atoms with E-state index in [1.54, 1.807) is 4.68 Å². The molecule has 2 fully saturated rings. The summed E-state index contributed by atoms with van der Waals surface area (Å²) in [5.41, 5.74) is 1.09. The molecule has 0 aliphatic carbocycles. The molecule has 2 aliphatic heterocycles. The van der Waals surface area contributed by atoms with E-state index in [1.807, 2.05) is 13.2 Å². The van der Waals surface area contributed by atoms with Crippen LogP contribution >= 0.6 is 0 Å². The van der Waals surface area contributed by atoms with Crippen molar-refractivity contribution < 1.29 is 0 Å². The van der Waals surface area contributed by atoms with Gasteiger partial charge in [0.2, 0.25) is 0 Å². The number of nitrogens with zero attached hydrogens (tertiary/aromatic N) is 4. The van der Waals surface area contributed by atoms with Gasteiger partial charge in [0.15, 0.2) is 0 Å². The Morgan fingerprint density at radius 1 is 1.47 bits per heavy atom. The fourth-order valence-electron chi connectivity index (χ4n) is 3.16. The summed E-state index contributed by atoms with van der Waals surface area (Å²) in [5.74, 6) is 0.842. The van der Waals surface area contributed by atoms with Crippen molar-refractivity contribution in [1.82, 2.24) is 25.2 Å². The van der Waals surface area contributed by atoms with Gasteiger partial charge in [-0.2, -0.15) is 0 Å². The first-order chi connectivity index (χ1) is 8.31. The number of aryl methyl sites for hydroxylation is 1. The summed E-state index contributed by atoms with van der Waals surface area (Å²) in [6.07, 6.45) is 6.02. The van der Waals surface area contributed by atoms with Crippen molar-refractivity contribution in [2.45, 2.75) is 31.8 Å². The van der Waals surface area contributed by atoms with Gasteiger partial charge in [0.05, 0.1) is 5.69 Å². The lowest BCUT2D eigenvalue weighted by Gasteiger charge is -2.41. The van der Waals surface area contributed by atoms with E-state index in [4.69, 9.17) is 0 Å². The first-order valence-corrected chi connectivity index (χ1v) is 6.62. The standard InChI is InChI=1S/C12H21N5/c1-16-8-11(14-15-16)9-17-6-4-12-10(7-17)3-2-5-13-12/h8,10,12-13H,2-7,9H2,1H3. The van der Waals surface area contributed by atoms with Crippen molar-refractivity contribution in [2.24, 2.45) is 13.0 Å². The molecule has 1 aromatic heterocycles. The summed E-state index contributed by atoms with van der Waals surface area (Å²) < 4.78 is 1.78. The Morgan fingerprint density at radius 3 is 3.24 bits per heavy atom. The van der Waals surface area contributed by atoms with Crippen LogP contribution in [0.5, 0.6) is 0 Å². The van der Waals surface area contributed by atoms with Crippen molar-refractivity contribution in [3.8, 4) is 0 Å². The molecule has 1 aromatic rings. The number of hydrogen-bond donors (Lipinski definition) is 1. The van der Waals surface area contributed by atoms with E-state index >= 15 is 0 Å².